The van der Waals surface area contributed by atoms with Crippen LogP contribution in [0.1, 0.15) is 111 Å². The van der Waals surface area contributed by atoms with Gasteiger partial charge in [0.25, 0.3) is 0 Å². The second kappa shape index (κ2) is 19.4. The molecule has 6 atom stereocenters. The van der Waals surface area contributed by atoms with Gasteiger partial charge in [-0.2, -0.15) is 0 Å². The van der Waals surface area contributed by atoms with Crippen molar-refractivity contribution in [2.75, 3.05) is 25.7 Å². The Hall–Kier alpha value is -0.790. The standard InChI is InChI=1S/C28H58N2O8S2/c1-7-9-10-11-12-13-14-15-16-17-18-19-24(39(5,33)34)26(40(6,35)36)27(32)38-25(8-2)28(4,30)22(3)37-21-23(31)20-29/h22-26,31H,7-21,29-30H2,1-6H3. The van der Waals surface area contributed by atoms with Gasteiger partial charge >= 0.3 is 5.97 Å². The van der Waals surface area contributed by atoms with E-state index < -0.39 is 60.0 Å². The predicted molar refractivity (Wildman–Crippen MR) is 162 cm³/mol. The van der Waals surface area contributed by atoms with Gasteiger partial charge in [0.1, 0.15) is 6.10 Å². The summed E-state index contributed by atoms with van der Waals surface area (Å²) in [6, 6.07) is 0. The van der Waals surface area contributed by atoms with Crippen LogP contribution >= 0.6 is 0 Å². The van der Waals surface area contributed by atoms with Crippen molar-refractivity contribution in [3.05, 3.63) is 0 Å². The summed E-state index contributed by atoms with van der Waals surface area (Å²) in [5.74, 6) is -1.13. The van der Waals surface area contributed by atoms with Gasteiger partial charge in [-0.15, -0.1) is 0 Å². The van der Waals surface area contributed by atoms with Crippen LogP contribution < -0.4 is 11.5 Å². The smallest absolute Gasteiger partial charge is 0.326 e. The summed E-state index contributed by atoms with van der Waals surface area (Å²) in [5, 5.41) is 6.42. The van der Waals surface area contributed by atoms with E-state index in [9.17, 15) is 26.7 Å². The van der Waals surface area contributed by atoms with E-state index in [4.69, 9.17) is 20.9 Å². The van der Waals surface area contributed by atoms with Crippen molar-refractivity contribution in [2.45, 2.75) is 146 Å². The van der Waals surface area contributed by atoms with Crippen LogP contribution in [0, 0.1) is 0 Å². The molecule has 0 fully saturated rings. The Labute approximate surface area is 244 Å². The molecule has 6 unspecified atom stereocenters. The summed E-state index contributed by atoms with van der Waals surface area (Å²) in [7, 11) is -8.02. The molecule has 10 nitrogen and oxygen atoms in total. The average molecular weight is 615 g/mol. The molecule has 5 N–H and O–H groups in total. The Morgan fingerprint density at radius 2 is 1.35 bits per heavy atom. The first-order valence-corrected chi connectivity index (χ1v) is 18.8. The molecule has 0 radical (unpaired) electrons. The second-order valence-electron chi connectivity index (χ2n) is 11.5. The number of carbonyl (C=O) groups excluding carboxylic acids is 1. The van der Waals surface area contributed by atoms with Crippen molar-refractivity contribution in [3.63, 3.8) is 0 Å². The van der Waals surface area contributed by atoms with Crippen LogP contribution in [-0.4, -0.2) is 87.9 Å². The fourth-order valence-corrected chi connectivity index (χ4v) is 8.28. The van der Waals surface area contributed by atoms with Gasteiger partial charge in [0, 0.05) is 19.1 Å². The summed E-state index contributed by atoms with van der Waals surface area (Å²) >= 11 is 0. The van der Waals surface area contributed by atoms with E-state index >= 15 is 0 Å². The van der Waals surface area contributed by atoms with E-state index in [1.54, 1.807) is 20.8 Å². The fraction of sp³-hybridized carbons (Fsp3) is 0.964. The third kappa shape index (κ3) is 14.9. The maximum absolute atomic E-state index is 13.3. The highest BCUT2D eigenvalue weighted by Crippen LogP contribution is 2.26. The number of rotatable bonds is 24. The molecule has 0 aromatic rings. The van der Waals surface area contributed by atoms with E-state index in [2.05, 4.69) is 6.92 Å². The molecule has 0 aromatic carbocycles. The fourth-order valence-electron chi connectivity index (χ4n) is 4.82. The van der Waals surface area contributed by atoms with Crippen LogP contribution in [0.5, 0.6) is 0 Å². The minimum Gasteiger partial charge on any atom is -0.459 e. The molecule has 0 heterocycles. The summed E-state index contributed by atoms with van der Waals surface area (Å²) in [6.45, 7) is 7.10. The molecule has 0 rings (SSSR count). The molecule has 12 heteroatoms. The van der Waals surface area contributed by atoms with Gasteiger partial charge in [-0.1, -0.05) is 84.5 Å². The molecule has 0 spiro atoms. The second-order valence-corrected chi connectivity index (χ2v) is 15.9. The van der Waals surface area contributed by atoms with E-state index in [0.717, 1.165) is 38.2 Å². The summed E-state index contributed by atoms with van der Waals surface area (Å²) in [4.78, 5) is 13.3. The van der Waals surface area contributed by atoms with Gasteiger partial charge in [0.15, 0.2) is 24.9 Å². The predicted octanol–water partition coefficient (Wildman–Crippen LogP) is 3.28. The molecule has 0 saturated heterocycles. The van der Waals surface area contributed by atoms with Crippen molar-refractivity contribution in [3.8, 4) is 0 Å². The number of ether oxygens (including phenoxy) is 2. The van der Waals surface area contributed by atoms with Crippen molar-refractivity contribution >= 4 is 25.6 Å². The van der Waals surface area contributed by atoms with Crippen molar-refractivity contribution < 1.29 is 36.2 Å². The molecule has 40 heavy (non-hydrogen) atoms. The Bertz CT molecular complexity index is 909. The molecule has 0 aliphatic heterocycles. The van der Waals surface area contributed by atoms with Crippen LogP contribution in [0.15, 0.2) is 0 Å². The Morgan fingerprint density at radius 3 is 1.75 bits per heavy atom. The summed E-state index contributed by atoms with van der Waals surface area (Å²) < 4.78 is 62.2. The molecule has 0 aliphatic carbocycles. The topological polar surface area (TPSA) is 176 Å². The van der Waals surface area contributed by atoms with Gasteiger partial charge in [-0.25, -0.2) is 16.8 Å². The number of hydrogen-bond acceptors (Lipinski definition) is 10. The molecule has 0 saturated carbocycles. The van der Waals surface area contributed by atoms with Crippen LogP contribution in [0.2, 0.25) is 0 Å². The zero-order valence-corrected chi connectivity index (χ0v) is 27.4. The van der Waals surface area contributed by atoms with E-state index in [-0.39, 0.29) is 26.0 Å². The third-order valence-corrected chi connectivity index (χ3v) is 10.9. The van der Waals surface area contributed by atoms with Gasteiger partial charge in [0.05, 0.1) is 29.6 Å². The average Bonchev–Trinajstić information content (AvgIpc) is 2.86. The van der Waals surface area contributed by atoms with Crippen molar-refractivity contribution in [1.82, 2.24) is 0 Å². The number of sulfone groups is 2. The molecule has 240 valence electrons. The minimum atomic E-state index is -4.13. The first-order valence-electron chi connectivity index (χ1n) is 14.9. The first kappa shape index (κ1) is 39.2. The maximum Gasteiger partial charge on any atom is 0.326 e. The van der Waals surface area contributed by atoms with Gasteiger partial charge in [-0.05, 0) is 26.7 Å². The van der Waals surface area contributed by atoms with Crippen molar-refractivity contribution in [1.29, 1.82) is 0 Å². The molecular weight excluding hydrogens is 556 g/mol. The van der Waals surface area contributed by atoms with Crippen LogP contribution in [0.4, 0.5) is 0 Å². The van der Waals surface area contributed by atoms with E-state index in [1.165, 1.54) is 38.5 Å². The Kier molecular flexibility index (Phi) is 19.0. The summed E-state index contributed by atoms with van der Waals surface area (Å²) in [6.07, 6.45) is 11.4. The lowest BCUT2D eigenvalue weighted by Crippen LogP contribution is -2.59. The van der Waals surface area contributed by atoms with Gasteiger partial charge in [0.2, 0.25) is 0 Å². The molecular formula is C28H58N2O8S2. The minimum absolute atomic E-state index is 0.00222. The third-order valence-electron chi connectivity index (χ3n) is 7.68. The molecule has 0 bridgehead atoms. The van der Waals surface area contributed by atoms with Crippen LogP contribution in [0.3, 0.4) is 0 Å². The summed E-state index contributed by atoms with van der Waals surface area (Å²) in [5.41, 5.74) is 10.6. The van der Waals surface area contributed by atoms with Crippen LogP contribution in [0.25, 0.3) is 0 Å². The normalized spacial score (nSPS) is 17.9. The number of hydrogen-bond donors (Lipinski definition) is 3. The monoisotopic (exact) mass is 614 g/mol. The van der Waals surface area contributed by atoms with Gasteiger partial charge < -0.3 is 26.0 Å². The lowest BCUT2D eigenvalue weighted by atomic mass is 9.88. The van der Waals surface area contributed by atoms with Crippen LogP contribution in [-0.2, 0) is 33.9 Å². The number of esters is 1. The molecule has 0 aliphatic rings. The SMILES string of the molecule is CCCCCCCCCCCCCC(C(C(=O)OC(CC)C(C)(N)C(C)OCC(O)CN)S(C)(=O)=O)S(C)(=O)=O. The lowest BCUT2D eigenvalue weighted by molar-refractivity contribution is -0.156. The van der Waals surface area contributed by atoms with Crippen molar-refractivity contribution in [2.24, 2.45) is 11.5 Å². The van der Waals surface area contributed by atoms with Gasteiger partial charge in [-0.3, -0.25) is 4.79 Å². The zero-order valence-electron chi connectivity index (χ0n) is 25.8. The first-order chi connectivity index (χ1) is 18.5. The Balaban J connectivity index is 5.32. The maximum atomic E-state index is 13.3. The highest BCUT2D eigenvalue weighted by Gasteiger charge is 2.46. The molecule has 0 aromatic heterocycles. The number of nitrogens with two attached hydrogens (primary N) is 2. The van der Waals surface area contributed by atoms with E-state index in [1.807, 2.05) is 0 Å². The highest BCUT2D eigenvalue weighted by molar-refractivity contribution is 7.95. The number of aliphatic hydroxyl groups is 1. The lowest BCUT2D eigenvalue weighted by Gasteiger charge is -2.39. The quantitative estimate of drug-likeness (QED) is 0.108. The Morgan fingerprint density at radius 1 is 0.875 bits per heavy atom. The number of aliphatic hydroxyl groups excluding tert-OH is 1. The number of unbranched alkanes of at least 4 members (excludes halogenated alkanes) is 10. The highest BCUT2D eigenvalue weighted by atomic mass is 32.2. The number of carbonyl (C=O) groups is 1. The molecule has 0 amide bonds. The van der Waals surface area contributed by atoms with E-state index in [0.29, 0.717) is 6.42 Å². The largest absolute Gasteiger partial charge is 0.459 e. The zero-order chi connectivity index (χ0) is 31.0.